The fourth-order valence-corrected chi connectivity index (χ4v) is 1.69. The number of rotatable bonds is 2. The Bertz CT molecular complexity index is 515. The number of carboxylic acid groups (broad SMARTS) is 1. The number of esters is 1. The Morgan fingerprint density at radius 1 is 1.35 bits per heavy atom. The van der Waals surface area contributed by atoms with Crippen molar-refractivity contribution in [1.29, 1.82) is 0 Å². The van der Waals surface area contributed by atoms with Gasteiger partial charge in [-0.1, -0.05) is 18.2 Å². The summed E-state index contributed by atoms with van der Waals surface area (Å²) in [6.45, 7) is -0.142. The van der Waals surface area contributed by atoms with Crippen molar-refractivity contribution >= 4 is 17.5 Å². The third-order valence-electron chi connectivity index (χ3n) is 2.48. The minimum Gasteiger partial charge on any atom is -0.488 e. The largest absolute Gasteiger partial charge is 0.488 e. The first-order valence-corrected chi connectivity index (χ1v) is 4.92. The quantitative estimate of drug-likeness (QED) is 0.775. The normalized spacial score (nSPS) is 13.7. The maximum Gasteiger partial charge on any atom is 0.339 e. The molecule has 0 aromatic heterocycles. The van der Waals surface area contributed by atoms with Gasteiger partial charge in [-0.25, -0.2) is 9.59 Å². The number of ether oxygens (including phenoxy) is 2. The highest BCUT2D eigenvalue weighted by Gasteiger charge is 2.29. The summed E-state index contributed by atoms with van der Waals surface area (Å²) in [5, 5.41) is 9.03. The molecule has 1 heterocycles. The number of benzene rings is 1. The number of carbonyl (C=O) groups excluding carboxylic acids is 1. The number of carboxylic acids is 1. The van der Waals surface area contributed by atoms with Crippen LogP contribution >= 0.6 is 0 Å². The van der Waals surface area contributed by atoms with Crippen LogP contribution in [-0.2, 0) is 14.3 Å². The van der Waals surface area contributed by atoms with Crippen molar-refractivity contribution < 1.29 is 24.2 Å². The lowest BCUT2D eigenvalue weighted by atomic mass is 9.97. The van der Waals surface area contributed by atoms with E-state index >= 15 is 0 Å². The molecule has 1 N–H and O–H groups in total. The Labute approximate surface area is 97.3 Å². The van der Waals surface area contributed by atoms with Crippen LogP contribution in [0.25, 0.3) is 5.57 Å². The second-order valence-corrected chi connectivity index (χ2v) is 3.44. The zero-order valence-corrected chi connectivity index (χ0v) is 9.10. The van der Waals surface area contributed by atoms with Crippen LogP contribution in [0.3, 0.4) is 0 Å². The van der Waals surface area contributed by atoms with Crippen LogP contribution in [0.1, 0.15) is 5.56 Å². The molecule has 1 aromatic carbocycles. The Balaban J connectivity index is 2.64. The van der Waals surface area contributed by atoms with Crippen LogP contribution in [0.4, 0.5) is 0 Å². The van der Waals surface area contributed by atoms with Crippen molar-refractivity contribution in [1.82, 2.24) is 0 Å². The molecular formula is C12H10O5. The topological polar surface area (TPSA) is 72.8 Å². The maximum absolute atomic E-state index is 11.6. The van der Waals surface area contributed by atoms with Gasteiger partial charge in [-0.15, -0.1) is 0 Å². The highest BCUT2D eigenvalue weighted by atomic mass is 16.5. The summed E-state index contributed by atoms with van der Waals surface area (Å²) >= 11 is 0. The second kappa shape index (κ2) is 4.29. The minimum atomic E-state index is -1.18. The van der Waals surface area contributed by atoms with Crippen LogP contribution in [0.2, 0.25) is 0 Å². The van der Waals surface area contributed by atoms with E-state index in [1.54, 1.807) is 24.3 Å². The van der Waals surface area contributed by atoms with Gasteiger partial charge in [0, 0.05) is 5.56 Å². The number of aliphatic carboxylic acids is 1. The van der Waals surface area contributed by atoms with Gasteiger partial charge in [0.1, 0.15) is 12.4 Å². The SMILES string of the molecule is COC(=O)C1=C(C(=O)O)COc2ccccc21. The van der Waals surface area contributed by atoms with Crippen LogP contribution in [-0.4, -0.2) is 30.8 Å². The number of para-hydroxylation sites is 1. The van der Waals surface area contributed by atoms with Gasteiger partial charge in [0.2, 0.25) is 0 Å². The lowest BCUT2D eigenvalue weighted by Gasteiger charge is -2.20. The molecule has 1 aliphatic rings. The first-order chi connectivity index (χ1) is 8.15. The Kier molecular flexibility index (Phi) is 2.82. The zero-order valence-electron chi connectivity index (χ0n) is 9.10. The van der Waals surface area contributed by atoms with E-state index in [-0.39, 0.29) is 17.8 Å². The second-order valence-electron chi connectivity index (χ2n) is 3.44. The van der Waals surface area contributed by atoms with Crippen LogP contribution in [0.5, 0.6) is 5.75 Å². The van der Waals surface area contributed by atoms with Crippen LogP contribution < -0.4 is 4.74 Å². The van der Waals surface area contributed by atoms with Gasteiger partial charge < -0.3 is 14.6 Å². The molecule has 0 fully saturated rings. The molecule has 0 saturated carbocycles. The van der Waals surface area contributed by atoms with Gasteiger partial charge in [0.15, 0.2) is 0 Å². The summed E-state index contributed by atoms with van der Waals surface area (Å²) in [7, 11) is 1.22. The fourth-order valence-electron chi connectivity index (χ4n) is 1.69. The van der Waals surface area contributed by atoms with Gasteiger partial charge >= 0.3 is 11.9 Å². The number of hydrogen-bond acceptors (Lipinski definition) is 4. The predicted molar refractivity (Wildman–Crippen MR) is 58.5 cm³/mol. The van der Waals surface area contributed by atoms with Crippen LogP contribution in [0, 0.1) is 0 Å². The molecule has 0 unspecified atom stereocenters. The highest BCUT2D eigenvalue weighted by molar-refractivity contribution is 6.23. The zero-order chi connectivity index (χ0) is 12.4. The van der Waals surface area contributed by atoms with E-state index in [0.29, 0.717) is 11.3 Å². The van der Waals surface area contributed by atoms with Crippen molar-refractivity contribution in [2.24, 2.45) is 0 Å². The molecule has 5 heteroatoms. The smallest absolute Gasteiger partial charge is 0.339 e. The van der Waals surface area contributed by atoms with Crippen molar-refractivity contribution in [2.45, 2.75) is 0 Å². The molecule has 0 atom stereocenters. The van der Waals surface area contributed by atoms with Gasteiger partial charge in [-0.3, -0.25) is 0 Å². The third kappa shape index (κ3) is 1.87. The molecule has 17 heavy (non-hydrogen) atoms. The summed E-state index contributed by atoms with van der Waals surface area (Å²) in [5.74, 6) is -1.36. The van der Waals surface area contributed by atoms with Crippen molar-refractivity contribution in [3.63, 3.8) is 0 Å². The molecule has 5 nitrogen and oxygen atoms in total. The first-order valence-electron chi connectivity index (χ1n) is 4.92. The van der Waals surface area contributed by atoms with E-state index in [9.17, 15) is 9.59 Å². The molecule has 88 valence electrons. The predicted octanol–water partition coefficient (Wildman–Crippen LogP) is 1.09. The van der Waals surface area contributed by atoms with Gasteiger partial charge in [0.25, 0.3) is 0 Å². The lowest BCUT2D eigenvalue weighted by Crippen LogP contribution is -2.21. The van der Waals surface area contributed by atoms with E-state index in [2.05, 4.69) is 4.74 Å². The van der Waals surface area contributed by atoms with Crippen LogP contribution in [0.15, 0.2) is 29.8 Å². The molecule has 1 aromatic rings. The summed E-state index contributed by atoms with van der Waals surface area (Å²) in [6, 6.07) is 6.76. The monoisotopic (exact) mass is 234 g/mol. The fraction of sp³-hybridized carbons (Fsp3) is 0.167. The molecular weight excluding hydrogens is 224 g/mol. The average Bonchev–Trinajstić information content (AvgIpc) is 2.36. The van der Waals surface area contributed by atoms with Crippen molar-refractivity contribution in [3.05, 3.63) is 35.4 Å². The average molecular weight is 234 g/mol. The summed E-state index contributed by atoms with van der Waals surface area (Å²) in [6.07, 6.45) is 0. The summed E-state index contributed by atoms with van der Waals surface area (Å²) in [5.41, 5.74) is 0.417. The standard InChI is InChI=1S/C12H10O5/c1-16-12(15)10-7-4-2-3-5-9(7)17-6-8(10)11(13)14/h2-5H,6H2,1H3,(H,13,14). The van der Waals surface area contributed by atoms with E-state index < -0.39 is 11.9 Å². The number of fused-ring (bicyclic) bond motifs is 1. The van der Waals surface area contributed by atoms with E-state index in [0.717, 1.165) is 0 Å². The van der Waals surface area contributed by atoms with Crippen molar-refractivity contribution in [3.8, 4) is 5.75 Å². The van der Waals surface area contributed by atoms with E-state index in [1.807, 2.05) is 0 Å². The lowest BCUT2D eigenvalue weighted by molar-refractivity contribution is -0.136. The first kappa shape index (κ1) is 11.2. The van der Waals surface area contributed by atoms with Gasteiger partial charge in [0.05, 0.1) is 18.3 Å². The molecule has 1 aliphatic heterocycles. The number of hydrogen-bond donors (Lipinski definition) is 1. The van der Waals surface area contributed by atoms with Gasteiger partial charge in [-0.2, -0.15) is 0 Å². The molecule has 0 amide bonds. The minimum absolute atomic E-state index is 0.0573. The molecule has 0 aliphatic carbocycles. The highest BCUT2D eigenvalue weighted by Crippen LogP contribution is 2.33. The summed E-state index contributed by atoms with van der Waals surface area (Å²) in [4.78, 5) is 22.7. The molecule has 0 radical (unpaired) electrons. The van der Waals surface area contributed by atoms with Gasteiger partial charge in [-0.05, 0) is 6.07 Å². The molecule has 0 spiro atoms. The third-order valence-corrected chi connectivity index (χ3v) is 2.48. The van der Waals surface area contributed by atoms with E-state index in [4.69, 9.17) is 9.84 Å². The Morgan fingerprint density at radius 3 is 2.71 bits per heavy atom. The Morgan fingerprint density at radius 2 is 2.06 bits per heavy atom. The molecule has 0 bridgehead atoms. The number of methoxy groups -OCH3 is 1. The Hall–Kier alpha value is -2.30. The molecule has 0 saturated heterocycles. The maximum atomic E-state index is 11.6. The summed E-state index contributed by atoms with van der Waals surface area (Å²) < 4.78 is 9.89. The number of carbonyl (C=O) groups is 2. The molecule has 2 rings (SSSR count). The van der Waals surface area contributed by atoms with E-state index in [1.165, 1.54) is 7.11 Å². The van der Waals surface area contributed by atoms with Crippen molar-refractivity contribution in [2.75, 3.05) is 13.7 Å².